The minimum atomic E-state index is -0.483. The van der Waals surface area contributed by atoms with E-state index in [0.29, 0.717) is 10.8 Å². The first-order valence-corrected chi connectivity index (χ1v) is 7.78. The number of benzene rings is 1. The molecule has 2 atom stereocenters. The molecule has 0 radical (unpaired) electrons. The quantitative estimate of drug-likeness (QED) is 0.821. The van der Waals surface area contributed by atoms with E-state index in [-0.39, 0.29) is 23.1 Å². The van der Waals surface area contributed by atoms with Gasteiger partial charge in [0.05, 0.1) is 10.4 Å². The zero-order chi connectivity index (χ0) is 14.9. The molecule has 2 rings (SSSR count). The van der Waals surface area contributed by atoms with Gasteiger partial charge in [-0.15, -0.1) is 11.8 Å². The number of esters is 1. The normalized spacial score (nSPS) is 22.8. The van der Waals surface area contributed by atoms with Gasteiger partial charge >= 0.3 is 5.97 Å². The highest BCUT2D eigenvalue weighted by Gasteiger charge is 2.33. The summed E-state index contributed by atoms with van der Waals surface area (Å²) >= 11 is 7.52. The highest BCUT2D eigenvalue weighted by atomic mass is 35.5. The number of hydrogen-bond acceptors (Lipinski definition) is 5. The minimum absolute atomic E-state index is 0.0226. The highest BCUT2D eigenvalue weighted by molar-refractivity contribution is 7.99. The SMILES string of the molecule is CC(C)(C)OC(=O)[C@H]1CSC(c2ccc(O)c(Cl)c2)N1. The molecule has 0 aliphatic carbocycles. The number of carbonyl (C=O) groups excluding carboxylic acids is 1. The molecule has 0 bridgehead atoms. The maximum Gasteiger partial charge on any atom is 0.324 e. The lowest BCUT2D eigenvalue weighted by atomic mass is 10.2. The van der Waals surface area contributed by atoms with Gasteiger partial charge in [-0.05, 0) is 38.5 Å². The predicted molar refractivity (Wildman–Crippen MR) is 81.1 cm³/mol. The number of carbonyl (C=O) groups is 1. The van der Waals surface area contributed by atoms with Crippen molar-refractivity contribution in [2.75, 3.05) is 5.75 Å². The average Bonchev–Trinajstić information content (AvgIpc) is 2.80. The second kappa shape index (κ2) is 5.84. The largest absolute Gasteiger partial charge is 0.506 e. The van der Waals surface area contributed by atoms with Crippen molar-refractivity contribution in [2.24, 2.45) is 0 Å². The van der Waals surface area contributed by atoms with E-state index in [2.05, 4.69) is 5.32 Å². The van der Waals surface area contributed by atoms with Crippen LogP contribution in [0.25, 0.3) is 0 Å². The van der Waals surface area contributed by atoms with Crippen LogP contribution in [0.5, 0.6) is 5.75 Å². The van der Waals surface area contributed by atoms with Crippen molar-refractivity contribution in [3.63, 3.8) is 0 Å². The van der Waals surface area contributed by atoms with E-state index in [4.69, 9.17) is 16.3 Å². The van der Waals surface area contributed by atoms with Crippen molar-refractivity contribution in [1.29, 1.82) is 0 Å². The smallest absolute Gasteiger partial charge is 0.324 e. The number of rotatable bonds is 2. The third-order valence-electron chi connectivity index (χ3n) is 2.75. The van der Waals surface area contributed by atoms with Gasteiger partial charge in [0, 0.05) is 5.75 Å². The van der Waals surface area contributed by atoms with Crippen LogP contribution in [-0.2, 0) is 9.53 Å². The fourth-order valence-electron chi connectivity index (χ4n) is 1.86. The number of nitrogens with one attached hydrogen (secondary N) is 1. The van der Waals surface area contributed by atoms with Crippen molar-refractivity contribution in [3.05, 3.63) is 28.8 Å². The van der Waals surface area contributed by atoms with Gasteiger partial charge in [-0.1, -0.05) is 17.7 Å². The first kappa shape index (κ1) is 15.5. The number of thioether (sulfide) groups is 1. The summed E-state index contributed by atoms with van der Waals surface area (Å²) in [5, 5.41) is 12.9. The molecule has 0 amide bonds. The van der Waals surface area contributed by atoms with Gasteiger partial charge in [-0.3, -0.25) is 10.1 Å². The van der Waals surface area contributed by atoms with Crippen LogP contribution in [0.2, 0.25) is 5.02 Å². The molecule has 1 aromatic carbocycles. The lowest BCUT2D eigenvalue weighted by Crippen LogP contribution is -2.39. The first-order valence-electron chi connectivity index (χ1n) is 6.35. The fourth-order valence-corrected chi connectivity index (χ4v) is 3.26. The topological polar surface area (TPSA) is 58.6 Å². The number of halogens is 1. The average molecular weight is 316 g/mol. The van der Waals surface area contributed by atoms with E-state index in [1.807, 2.05) is 20.8 Å². The van der Waals surface area contributed by atoms with Crippen LogP contribution >= 0.6 is 23.4 Å². The molecule has 1 saturated heterocycles. The molecule has 0 saturated carbocycles. The van der Waals surface area contributed by atoms with Crippen LogP contribution in [0.1, 0.15) is 31.7 Å². The van der Waals surface area contributed by atoms with Gasteiger partial charge in [-0.2, -0.15) is 0 Å². The third-order valence-corrected chi connectivity index (χ3v) is 4.32. The van der Waals surface area contributed by atoms with Gasteiger partial charge in [0.15, 0.2) is 0 Å². The number of hydrogen-bond donors (Lipinski definition) is 2. The van der Waals surface area contributed by atoms with Crippen molar-refractivity contribution in [1.82, 2.24) is 5.32 Å². The molecule has 1 heterocycles. The molecule has 6 heteroatoms. The summed E-state index contributed by atoms with van der Waals surface area (Å²) in [4.78, 5) is 12.0. The van der Waals surface area contributed by atoms with Gasteiger partial charge in [-0.25, -0.2) is 0 Å². The van der Waals surface area contributed by atoms with E-state index in [9.17, 15) is 9.90 Å². The number of phenolic OH excluding ortho intramolecular Hbond substituents is 1. The lowest BCUT2D eigenvalue weighted by molar-refractivity contribution is -0.156. The summed E-state index contributed by atoms with van der Waals surface area (Å²) in [5.74, 6) is 0.470. The molecule has 110 valence electrons. The summed E-state index contributed by atoms with van der Waals surface area (Å²) in [6.45, 7) is 5.55. The Bertz CT molecular complexity index is 516. The Morgan fingerprint density at radius 3 is 2.80 bits per heavy atom. The zero-order valence-electron chi connectivity index (χ0n) is 11.6. The van der Waals surface area contributed by atoms with E-state index >= 15 is 0 Å². The van der Waals surface area contributed by atoms with Crippen LogP contribution in [0.15, 0.2) is 18.2 Å². The van der Waals surface area contributed by atoms with Crippen LogP contribution in [0.3, 0.4) is 0 Å². The standard InChI is InChI=1S/C14H18ClNO3S/c1-14(2,3)19-13(18)10-7-20-12(16-10)8-4-5-11(17)9(15)6-8/h4-6,10,12,16-17H,7H2,1-3H3/t10-,12?/m1/s1. The van der Waals surface area contributed by atoms with Gasteiger partial charge < -0.3 is 9.84 Å². The molecular formula is C14H18ClNO3S. The second-order valence-corrected chi connectivity index (χ2v) is 7.22. The van der Waals surface area contributed by atoms with Crippen LogP contribution in [-0.4, -0.2) is 28.5 Å². The molecule has 1 aliphatic rings. The summed E-state index contributed by atoms with van der Waals surface area (Å²) in [6, 6.07) is 4.74. The molecule has 1 aliphatic heterocycles. The lowest BCUT2D eigenvalue weighted by Gasteiger charge is -2.22. The van der Waals surface area contributed by atoms with E-state index in [1.54, 1.807) is 30.0 Å². The van der Waals surface area contributed by atoms with Gasteiger partial charge in [0.2, 0.25) is 0 Å². The molecule has 4 nitrogen and oxygen atoms in total. The number of ether oxygens (including phenoxy) is 1. The summed E-state index contributed by atoms with van der Waals surface area (Å²) < 4.78 is 5.37. The molecule has 0 spiro atoms. The molecule has 0 aromatic heterocycles. The van der Waals surface area contributed by atoms with Crippen molar-refractivity contribution in [3.8, 4) is 5.75 Å². The van der Waals surface area contributed by atoms with Crippen molar-refractivity contribution >= 4 is 29.3 Å². The van der Waals surface area contributed by atoms with E-state index in [1.165, 1.54) is 0 Å². The molecule has 2 N–H and O–H groups in total. The van der Waals surface area contributed by atoms with Gasteiger partial charge in [0.1, 0.15) is 17.4 Å². The maximum absolute atomic E-state index is 12.0. The fraction of sp³-hybridized carbons (Fsp3) is 0.500. The van der Waals surface area contributed by atoms with Gasteiger partial charge in [0.25, 0.3) is 0 Å². The Kier molecular flexibility index (Phi) is 4.52. The van der Waals surface area contributed by atoms with Crippen molar-refractivity contribution < 1.29 is 14.6 Å². The molecule has 20 heavy (non-hydrogen) atoms. The summed E-state index contributed by atoms with van der Waals surface area (Å²) in [7, 11) is 0. The minimum Gasteiger partial charge on any atom is -0.506 e. The zero-order valence-corrected chi connectivity index (χ0v) is 13.2. The van der Waals surface area contributed by atoms with Crippen molar-refractivity contribution in [2.45, 2.75) is 37.8 Å². The Balaban J connectivity index is 2.01. The number of phenols is 1. The van der Waals surface area contributed by atoms with E-state index in [0.717, 1.165) is 5.56 Å². The Labute approximate surface area is 127 Å². The summed E-state index contributed by atoms with van der Waals surface area (Å²) in [5.41, 5.74) is 0.451. The molecule has 1 fully saturated rings. The number of aromatic hydroxyl groups is 1. The monoisotopic (exact) mass is 315 g/mol. The maximum atomic E-state index is 12.0. The predicted octanol–water partition coefficient (Wildman–Crippen LogP) is 3.09. The highest BCUT2D eigenvalue weighted by Crippen LogP contribution is 2.36. The van der Waals surface area contributed by atoms with Crippen LogP contribution in [0, 0.1) is 0 Å². The first-order chi connectivity index (χ1) is 9.26. The molecule has 1 aromatic rings. The molecular weight excluding hydrogens is 298 g/mol. The second-order valence-electron chi connectivity index (χ2n) is 5.68. The molecule has 1 unspecified atom stereocenters. The summed E-state index contributed by atoms with van der Waals surface area (Å²) in [6.07, 6.45) is 0. The van der Waals surface area contributed by atoms with Crippen LogP contribution in [0.4, 0.5) is 0 Å². The third kappa shape index (κ3) is 3.81. The van der Waals surface area contributed by atoms with Crippen LogP contribution < -0.4 is 5.32 Å². The Morgan fingerprint density at radius 2 is 2.20 bits per heavy atom. The Morgan fingerprint density at radius 1 is 1.50 bits per heavy atom. The Hall–Kier alpha value is -0.910. The van der Waals surface area contributed by atoms with E-state index < -0.39 is 5.60 Å².